The van der Waals surface area contributed by atoms with Crippen LogP contribution in [0.25, 0.3) is 0 Å². The maximum absolute atomic E-state index is 6.55. The number of benzene rings is 1. The second-order valence-electron chi connectivity index (χ2n) is 9.67. The van der Waals surface area contributed by atoms with Crippen LogP contribution < -0.4 is 9.47 Å². The fourth-order valence-corrected chi connectivity index (χ4v) is 5.54. The highest BCUT2D eigenvalue weighted by atomic mass is 16.5. The maximum Gasteiger partial charge on any atom is 0.167 e. The number of aromatic nitrogens is 2. The molecule has 2 saturated heterocycles. The fraction of sp³-hybridized carbons (Fsp3) is 0.609. The molecular formula is C23H31N3O3. The third-order valence-corrected chi connectivity index (χ3v) is 7.14. The number of para-hydroxylation sites is 1. The Bertz CT molecular complexity index is 910. The average molecular weight is 398 g/mol. The molecule has 3 aliphatic rings. The number of ether oxygens (including phenoxy) is 3. The van der Waals surface area contributed by atoms with Crippen molar-refractivity contribution >= 4 is 0 Å². The van der Waals surface area contributed by atoms with E-state index >= 15 is 0 Å². The van der Waals surface area contributed by atoms with Gasteiger partial charge < -0.3 is 14.2 Å². The van der Waals surface area contributed by atoms with Gasteiger partial charge in [-0.1, -0.05) is 12.1 Å². The molecule has 0 amide bonds. The molecule has 0 bridgehead atoms. The Kier molecular flexibility index (Phi) is 4.23. The lowest BCUT2D eigenvalue weighted by Crippen LogP contribution is -2.63. The molecule has 4 heterocycles. The first kappa shape index (κ1) is 18.9. The summed E-state index contributed by atoms with van der Waals surface area (Å²) in [6.07, 6.45) is 3.15. The molecule has 3 aliphatic heterocycles. The first-order valence-electron chi connectivity index (χ1n) is 10.5. The van der Waals surface area contributed by atoms with Gasteiger partial charge in [-0.05, 0) is 38.8 Å². The highest BCUT2D eigenvalue weighted by Gasteiger charge is 2.56. The molecular weight excluding hydrogens is 366 g/mol. The largest absolute Gasteiger partial charge is 0.493 e. The van der Waals surface area contributed by atoms with Gasteiger partial charge in [-0.15, -0.1) is 0 Å². The minimum absolute atomic E-state index is 0.0721. The quantitative estimate of drug-likeness (QED) is 0.794. The van der Waals surface area contributed by atoms with Gasteiger partial charge in [0.25, 0.3) is 0 Å². The van der Waals surface area contributed by atoms with E-state index in [9.17, 15) is 0 Å². The Labute approximate surface area is 172 Å². The Hall–Kier alpha value is -2.05. The zero-order valence-electron chi connectivity index (χ0n) is 18.1. The number of likely N-dealkylation sites (tertiary alicyclic amines) is 1. The standard InChI is InChI=1S/C23H31N3O3/c1-15-10-24-25(4)18(15)11-26-12-23(13-26)9-17-20(28-14-23)16-7-6-8-19(27-5)21(16)29-22(17,2)3/h6-8,10,17,20H,9,11-14H2,1-5H3/t17-,20+/m0/s1. The van der Waals surface area contributed by atoms with Crippen molar-refractivity contribution in [3.05, 3.63) is 41.2 Å². The van der Waals surface area contributed by atoms with Gasteiger partial charge in [-0.2, -0.15) is 5.10 Å². The fourth-order valence-electron chi connectivity index (χ4n) is 5.54. The minimum atomic E-state index is -0.293. The number of methoxy groups -OCH3 is 1. The van der Waals surface area contributed by atoms with E-state index in [1.807, 2.05) is 30.1 Å². The lowest BCUT2D eigenvalue weighted by Gasteiger charge is -2.58. The number of hydrogen-bond acceptors (Lipinski definition) is 5. The van der Waals surface area contributed by atoms with E-state index < -0.39 is 0 Å². The van der Waals surface area contributed by atoms with Crippen LogP contribution in [0.4, 0.5) is 0 Å². The van der Waals surface area contributed by atoms with Crippen molar-refractivity contribution in [1.29, 1.82) is 0 Å². The van der Waals surface area contributed by atoms with Crippen molar-refractivity contribution < 1.29 is 14.2 Å². The van der Waals surface area contributed by atoms with Crippen LogP contribution in [0.15, 0.2) is 24.4 Å². The molecule has 0 radical (unpaired) electrons. The van der Waals surface area contributed by atoms with E-state index in [0.29, 0.717) is 5.92 Å². The van der Waals surface area contributed by atoms with Crippen LogP contribution in [0.3, 0.4) is 0 Å². The zero-order valence-corrected chi connectivity index (χ0v) is 18.1. The molecule has 5 rings (SSSR count). The van der Waals surface area contributed by atoms with Gasteiger partial charge >= 0.3 is 0 Å². The van der Waals surface area contributed by atoms with Crippen LogP contribution in [0, 0.1) is 18.3 Å². The summed E-state index contributed by atoms with van der Waals surface area (Å²) in [6, 6.07) is 6.12. The minimum Gasteiger partial charge on any atom is -0.493 e. The molecule has 0 aliphatic carbocycles. The lowest BCUT2D eigenvalue weighted by molar-refractivity contribution is -0.200. The monoisotopic (exact) mass is 397 g/mol. The van der Waals surface area contributed by atoms with E-state index in [1.165, 1.54) is 11.3 Å². The van der Waals surface area contributed by atoms with Crippen molar-refractivity contribution in [1.82, 2.24) is 14.7 Å². The Morgan fingerprint density at radius 1 is 1.28 bits per heavy atom. The predicted molar refractivity (Wildman–Crippen MR) is 110 cm³/mol. The normalized spacial score (nSPS) is 26.9. The molecule has 0 N–H and O–H groups in total. The summed E-state index contributed by atoms with van der Waals surface area (Å²) in [4.78, 5) is 2.52. The average Bonchev–Trinajstić information content (AvgIpc) is 2.98. The molecule has 6 heteroatoms. The van der Waals surface area contributed by atoms with Crippen LogP contribution >= 0.6 is 0 Å². The van der Waals surface area contributed by atoms with E-state index in [4.69, 9.17) is 14.2 Å². The predicted octanol–water partition coefficient (Wildman–Crippen LogP) is 3.49. The molecule has 0 saturated carbocycles. The van der Waals surface area contributed by atoms with Gasteiger partial charge in [0.2, 0.25) is 0 Å². The van der Waals surface area contributed by atoms with E-state index in [0.717, 1.165) is 49.7 Å². The smallest absolute Gasteiger partial charge is 0.167 e. The number of nitrogens with zero attached hydrogens (tertiary/aromatic N) is 3. The molecule has 29 heavy (non-hydrogen) atoms. The number of aryl methyl sites for hydroxylation is 2. The lowest BCUT2D eigenvalue weighted by atomic mass is 9.64. The van der Waals surface area contributed by atoms with Crippen molar-refractivity contribution in [2.24, 2.45) is 18.4 Å². The highest BCUT2D eigenvalue weighted by molar-refractivity contribution is 5.50. The first-order chi connectivity index (χ1) is 13.8. The molecule has 1 aromatic carbocycles. The highest BCUT2D eigenvalue weighted by Crippen LogP contribution is 2.56. The summed E-state index contributed by atoms with van der Waals surface area (Å²) in [7, 11) is 3.72. The first-order valence-corrected chi connectivity index (χ1v) is 10.5. The summed E-state index contributed by atoms with van der Waals surface area (Å²) in [5, 5.41) is 4.38. The molecule has 0 unspecified atom stereocenters. The second-order valence-corrected chi connectivity index (χ2v) is 9.67. The molecule has 6 nitrogen and oxygen atoms in total. The Morgan fingerprint density at radius 3 is 2.76 bits per heavy atom. The maximum atomic E-state index is 6.55. The van der Waals surface area contributed by atoms with Crippen LogP contribution in [0.2, 0.25) is 0 Å². The number of rotatable bonds is 3. The topological polar surface area (TPSA) is 48.8 Å². The van der Waals surface area contributed by atoms with E-state index in [2.05, 4.69) is 36.8 Å². The van der Waals surface area contributed by atoms with Crippen molar-refractivity contribution in [2.75, 3.05) is 26.8 Å². The molecule has 2 atom stereocenters. The number of fused-ring (bicyclic) bond motifs is 3. The SMILES string of the molecule is COc1cccc2c1OC(C)(C)[C@H]1CC3(CO[C@H]21)CN(Cc1c(C)cnn1C)C3. The summed E-state index contributed by atoms with van der Waals surface area (Å²) >= 11 is 0. The third kappa shape index (κ3) is 2.96. The third-order valence-electron chi connectivity index (χ3n) is 7.14. The second kappa shape index (κ2) is 6.47. The van der Waals surface area contributed by atoms with Gasteiger partial charge in [0.15, 0.2) is 11.5 Å². The van der Waals surface area contributed by atoms with Gasteiger partial charge in [0.1, 0.15) is 5.60 Å². The van der Waals surface area contributed by atoms with Crippen molar-refractivity contribution in [3.8, 4) is 11.5 Å². The van der Waals surface area contributed by atoms with Crippen LogP contribution in [0.5, 0.6) is 11.5 Å². The number of hydrogen-bond donors (Lipinski definition) is 0. The van der Waals surface area contributed by atoms with Gasteiger partial charge in [-0.25, -0.2) is 0 Å². The summed E-state index contributed by atoms with van der Waals surface area (Å²) in [5.41, 5.74) is 3.63. The van der Waals surface area contributed by atoms with Crippen LogP contribution in [-0.2, 0) is 18.3 Å². The van der Waals surface area contributed by atoms with Crippen LogP contribution in [0.1, 0.15) is 43.2 Å². The molecule has 156 valence electrons. The summed E-state index contributed by atoms with van der Waals surface area (Å²) in [5.74, 6) is 1.97. The van der Waals surface area contributed by atoms with E-state index in [1.54, 1.807) is 7.11 Å². The molecule has 2 aromatic rings. The molecule has 2 fully saturated rings. The van der Waals surface area contributed by atoms with Gasteiger partial charge in [-0.3, -0.25) is 9.58 Å². The van der Waals surface area contributed by atoms with Crippen LogP contribution in [-0.4, -0.2) is 47.1 Å². The molecule has 1 aromatic heterocycles. The molecule has 1 spiro atoms. The van der Waals surface area contributed by atoms with Crippen molar-refractivity contribution in [3.63, 3.8) is 0 Å². The summed E-state index contributed by atoms with van der Waals surface area (Å²) < 4.78 is 20.6. The van der Waals surface area contributed by atoms with Gasteiger partial charge in [0, 0.05) is 43.6 Å². The Morgan fingerprint density at radius 2 is 2.07 bits per heavy atom. The Balaban J connectivity index is 1.34. The zero-order chi connectivity index (χ0) is 20.4. The van der Waals surface area contributed by atoms with Crippen molar-refractivity contribution in [2.45, 2.75) is 45.4 Å². The van der Waals surface area contributed by atoms with E-state index in [-0.39, 0.29) is 17.1 Å². The summed E-state index contributed by atoms with van der Waals surface area (Å²) in [6.45, 7) is 10.4. The van der Waals surface area contributed by atoms with Gasteiger partial charge in [0.05, 0.1) is 31.7 Å².